The molecule has 3 aromatic rings. The number of benzene rings is 3. The van der Waals surface area contributed by atoms with Gasteiger partial charge in [0, 0.05) is 19.0 Å². The number of hydrogen-bond acceptors (Lipinski definition) is 6. The number of alkyl carbamates (subject to hydrolysis) is 1. The van der Waals surface area contributed by atoms with Crippen LogP contribution in [0.1, 0.15) is 42.9 Å². The Morgan fingerprint density at radius 3 is 2.05 bits per heavy atom. The van der Waals surface area contributed by atoms with Gasteiger partial charge < -0.3 is 24.8 Å². The lowest BCUT2D eigenvalue weighted by Gasteiger charge is -2.28. The third-order valence-electron chi connectivity index (χ3n) is 7.16. The molecule has 4 rings (SSSR count). The number of esters is 1. The summed E-state index contributed by atoms with van der Waals surface area (Å²) in [7, 11) is 0. The van der Waals surface area contributed by atoms with E-state index in [0.717, 1.165) is 27.8 Å². The largest absolute Gasteiger partial charge is 0.481 e. The molecule has 0 saturated heterocycles. The quantitative estimate of drug-likeness (QED) is 0.312. The van der Waals surface area contributed by atoms with Gasteiger partial charge in [0.25, 0.3) is 0 Å². The van der Waals surface area contributed by atoms with Crippen molar-refractivity contribution < 1.29 is 33.8 Å². The Morgan fingerprint density at radius 1 is 0.878 bits per heavy atom. The molecular formula is C32H34N2O7. The minimum Gasteiger partial charge on any atom is -0.481 e. The molecule has 2 atom stereocenters. The Balaban J connectivity index is 1.45. The van der Waals surface area contributed by atoms with Crippen LogP contribution < -0.4 is 5.32 Å². The minimum atomic E-state index is -1.30. The lowest BCUT2D eigenvalue weighted by molar-refractivity contribution is -0.149. The van der Waals surface area contributed by atoms with Crippen molar-refractivity contribution in [3.8, 4) is 11.1 Å². The maximum Gasteiger partial charge on any atom is 0.407 e. The molecule has 0 heterocycles. The zero-order valence-electron chi connectivity index (χ0n) is 23.1. The molecule has 1 aliphatic carbocycles. The lowest BCUT2D eigenvalue weighted by Crippen LogP contribution is -2.51. The number of ether oxygens (including phenoxy) is 2. The second kappa shape index (κ2) is 13.6. The van der Waals surface area contributed by atoms with Crippen LogP contribution in [0, 0.1) is 5.92 Å². The van der Waals surface area contributed by atoms with Crippen LogP contribution >= 0.6 is 0 Å². The van der Waals surface area contributed by atoms with E-state index in [4.69, 9.17) is 9.47 Å². The molecule has 0 saturated carbocycles. The van der Waals surface area contributed by atoms with Crippen LogP contribution in [0.25, 0.3) is 11.1 Å². The van der Waals surface area contributed by atoms with Gasteiger partial charge in [0.1, 0.15) is 19.3 Å². The van der Waals surface area contributed by atoms with Crippen LogP contribution in [0.2, 0.25) is 0 Å². The Morgan fingerprint density at radius 2 is 1.46 bits per heavy atom. The number of rotatable bonds is 12. The molecule has 0 aromatic heterocycles. The average Bonchev–Trinajstić information content (AvgIpc) is 3.31. The molecule has 1 aliphatic rings. The van der Waals surface area contributed by atoms with Gasteiger partial charge in [0.15, 0.2) is 0 Å². The first-order valence-corrected chi connectivity index (χ1v) is 13.6. The normalized spacial score (nSPS) is 13.3. The van der Waals surface area contributed by atoms with Crippen molar-refractivity contribution in [1.29, 1.82) is 0 Å². The second-order valence-electron chi connectivity index (χ2n) is 9.99. The van der Waals surface area contributed by atoms with Gasteiger partial charge in [-0.15, -0.1) is 0 Å². The van der Waals surface area contributed by atoms with Crippen LogP contribution in [-0.4, -0.2) is 59.7 Å². The zero-order chi connectivity index (χ0) is 29.4. The molecule has 0 fully saturated rings. The highest BCUT2D eigenvalue weighted by Crippen LogP contribution is 2.44. The molecule has 0 radical (unpaired) electrons. The Labute approximate surface area is 239 Å². The van der Waals surface area contributed by atoms with E-state index in [0.29, 0.717) is 0 Å². The lowest BCUT2D eigenvalue weighted by atomic mass is 9.98. The van der Waals surface area contributed by atoms with Crippen LogP contribution in [0.4, 0.5) is 4.79 Å². The van der Waals surface area contributed by atoms with Crippen LogP contribution in [0.5, 0.6) is 0 Å². The predicted octanol–water partition coefficient (Wildman–Crippen LogP) is 4.60. The van der Waals surface area contributed by atoms with Gasteiger partial charge in [-0.1, -0.05) is 85.8 Å². The van der Waals surface area contributed by atoms with Crippen molar-refractivity contribution in [2.45, 2.75) is 38.8 Å². The first-order chi connectivity index (χ1) is 19.8. The van der Waals surface area contributed by atoms with Gasteiger partial charge in [-0.3, -0.25) is 14.4 Å². The summed E-state index contributed by atoms with van der Waals surface area (Å²) in [4.78, 5) is 51.8. The summed E-state index contributed by atoms with van der Waals surface area (Å²) < 4.78 is 10.9. The fraction of sp³-hybridized carbons (Fsp3) is 0.312. The van der Waals surface area contributed by atoms with Gasteiger partial charge in [-0.2, -0.15) is 0 Å². The highest BCUT2D eigenvalue weighted by atomic mass is 16.5. The van der Waals surface area contributed by atoms with E-state index in [-0.39, 0.29) is 32.2 Å². The molecular weight excluding hydrogens is 524 g/mol. The summed E-state index contributed by atoms with van der Waals surface area (Å²) in [6.07, 6.45) is -1.29. The van der Waals surface area contributed by atoms with E-state index in [2.05, 4.69) is 5.32 Å². The third kappa shape index (κ3) is 7.30. The van der Waals surface area contributed by atoms with Crippen molar-refractivity contribution in [3.63, 3.8) is 0 Å². The number of aliphatic carboxylic acids is 1. The average molecular weight is 559 g/mol. The van der Waals surface area contributed by atoms with Crippen molar-refractivity contribution in [2.24, 2.45) is 5.92 Å². The zero-order valence-corrected chi connectivity index (χ0v) is 23.1. The second-order valence-corrected chi connectivity index (χ2v) is 9.99. The number of carbonyl (C=O) groups is 4. The Bertz CT molecular complexity index is 1350. The summed E-state index contributed by atoms with van der Waals surface area (Å²) in [5.74, 6) is -3.35. The van der Waals surface area contributed by atoms with E-state index in [1.54, 1.807) is 19.1 Å². The number of likely N-dealkylation sites (N-methyl/N-ethyl adjacent to an activating group) is 1. The number of carboxylic acid groups (broad SMARTS) is 1. The number of nitrogens with one attached hydrogen (secondary N) is 1. The van der Waals surface area contributed by atoms with Gasteiger partial charge in [0.2, 0.25) is 5.91 Å². The van der Waals surface area contributed by atoms with Crippen LogP contribution in [0.3, 0.4) is 0 Å². The monoisotopic (exact) mass is 558 g/mol. The van der Waals surface area contributed by atoms with Gasteiger partial charge >= 0.3 is 18.0 Å². The van der Waals surface area contributed by atoms with E-state index >= 15 is 0 Å². The van der Waals surface area contributed by atoms with E-state index < -0.39 is 42.3 Å². The molecule has 0 bridgehead atoms. The molecule has 2 amide bonds. The van der Waals surface area contributed by atoms with Crippen molar-refractivity contribution in [2.75, 3.05) is 19.7 Å². The fourth-order valence-corrected chi connectivity index (χ4v) is 4.95. The van der Waals surface area contributed by atoms with E-state index in [9.17, 15) is 24.3 Å². The minimum absolute atomic E-state index is 0.0130. The Kier molecular flexibility index (Phi) is 9.73. The predicted molar refractivity (Wildman–Crippen MR) is 152 cm³/mol. The molecule has 0 spiro atoms. The summed E-state index contributed by atoms with van der Waals surface area (Å²) in [5, 5.41) is 11.9. The molecule has 0 aliphatic heterocycles. The SMILES string of the molecule is CCN(CC(C)C(=O)O)C(=O)[C@H](CC(=O)OCc1ccccc1)NC(=O)OCC1c2ccccc2-c2ccccc21. The van der Waals surface area contributed by atoms with E-state index in [1.165, 1.54) is 11.8 Å². The summed E-state index contributed by atoms with van der Waals surface area (Å²) in [5.41, 5.74) is 5.02. The molecule has 3 aromatic carbocycles. The number of carboxylic acids is 1. The van der Waals surface area contributed by atoms with E-state index in [1.807, 2.05) is 66.7 Å². The standard InChI is InChI=1S/C32H34N2O7/c1-3-34(18-21(2)31(37)38)30(36)28(17-29(35)40-19-22-11-5-4-6-12-22)33-32(39)41-20-27-25-15-9-7-13-23(25)24-14-8-10-16-26(24)27/h4-16,21,27-28H,3,17-20H2,1-2H3,(H,33,39)(H,37,38)/t21?,28-/m0/s1. The van der Waals surface area contributed by atoms with Crippen molar-refractivity contribution >= 4 is 23.9 Å². The van der Waals surface area contributed by atoms with Crippen LogP contribution in [0.15, 0.2) is 78.9 Å². The van der Waals surface area contributed by atoms with Gasteiger partial charge in [-0.25, -0.2) is 4.79 Å². The molecule has 9 heteroatoms. The first kappa shape index (κ1) is 29.3. The first-order valence-electron chi connectivity index (χ1n) is 13.6. The molecule has 1 unspecified atom stereocenters. The van der Waals surface area contributed by atoms with Crippen molar-refractivity contribution in [3.05, 3.63) is 95.6 Å². The smallest absolute Gasteiger partial charge is 0.407 e. The maximum absolute atomic E-state index is 13.4. The summed E-state index contributed by atoms with van der Waals surface area (Å²) in [6, 6.07) is 23.6. The summed E-state index contributed by atoms with van der Waals surface area (Å²) in [6.45, 7) is 3.35. The maximum atomic E-state index is 13.4. The summed E-state index contributed by atoms with van der Waals surface area (Å²) >= 11 is 0. The topological polar surface area (TPSA) is 122 Å². The van der Waals surface area contributed by atoms with Gasteiger partial charge in [0.05, 0.1) is 12.3 Å². The number of carbonyl (C=O) groups excluding carboxylic acids is 3. The molecule has 214 valence electrons. The highest BCUT2D eigenvalue weighted by molar-refractivity contribution is 5.90. The number of hydrogen-bond donors (Lipinski definition) is 2. The van der Waals surface area contributed by atoms with Gasteiger partial charge in [-0.05, 0) is 34.7 Å². The third-order valence-corrected chi connectivity index (χ3v) is 7.16. The van der Waals surface area contributed by atoms with Crippen LogP contribution in [-0.2, 0) is 30.5 Å². The number of nitrogens with zero attached hydrogens (tertiary/aromatic N) is 1. The van der Waals surface area contributed by atoms with Crippen molar-refractivity contribution in [1.82, 2.24) is 10.2 Å². The fourth-order valence-electron chi connectivity index (χ4n) is 4.95. The number of fused-ring (bicyclic) bond motifs is 3. The highest BCUT2D eigenvalue weighted by Gasteiger charge is 2.32. The Hall–Kier alpha value is -4.66. The molecule has 9 nitrogen and oxygen atoms in total. The number of amides is 2. The molecule has 2 N–H and O–H groups in total. The molecule has 41 heavy (non-hydrogen) atoms.